The van der Waals surface area contributed by atoms with Gasteiger partial charge in [0, 0.05) is 16.3 Å². The molecule has 3 heterocycles. The Morgan fingerprint density at radius 2 is 1.97 bits per heavy atom. The summed E-state index contributed by atoms with van der Waals surface area (Å²) in [5.41, 5.74) is 4.06. The molecule has 10 heteroatoms. The molecule has 0 aliphatic heterocycles. The van der Waals surface area contributed by atoms with Crippen LogP contribution in [0.3, 0.4) is 0 Å². The zero-order valence-corrected chi connectivity index (χ0v) is 19.7. The number of benzene rings is 1. The Morgan fingerprint density at radius 1 is 1.16 bits per heavy atom. The summed E-state index contributed by atoms with van der Waals surface area (Å²) in [5.74, 6) is 0.321. The topological polar surface area (TPSA) is 93.8 Å². The summed E-state index contributed by atoms with van der Waals surface area (Å²) >= 11 is 4.21. The van der Waals surface area contributed by atoms with Crippen molar-refractivity contribution in [1.29, 1.82) is 0 Å². The third-order valence-electron chi connectivity index (χ3n) is 4.49. The number of aromatic nitrogens is 4. The van der Waals surface area contributed by atoms with Gasteiger partial charge in [0.1, 0.15) is 0 Å². The Balaban J connectivity index is 1.33. The quantitative estimate of drug-likeness (QED) is 0.352. The molecule has 0 aliphatic carbocycles. The summed E-state index contributed by atoms with van der Waals surface area (Å²) in [6.45, 7) is 5.88. The average Bonchev–Trinajstić information content (AvgIpc) is 3.50. The molecule has 1 atom stereocenters. The second-order valence-corrected chi connectivity index (χ2v) is 10.0. The third kappa shape index (κ3) is 5.57. The van der Waals surface area contributed by atoms with Gasteiger partial charge in [-0.15, -0.1) is 32.9 Å². The van der Waals surface area contributed by atoms with Gasteiger partial charge in [-0.25, -0.2) is 9.97 Å². The predicted molar refractivity (Wildman–Crippen MR) is 125 cm³/mol. The molecule has 0 aliphatic rings. The smallest absolute Gasteiger partial charge is 0.277 e. The fourth-order valence-electron chi connectivity index (χ4n) is 2.79. The Kier molecular flexibility index (Phi) is 6.79. The molecule has 0 fully saturated rings. The third-order valence-corrected chi connectivity index (χ3v) is 7.00. The number of carbonyl (C=O) groups is 1. The lowest BCUT2D eigenvalue weighted by Gasteiger charge is -2.07. The molecule has 1 amide bonds. The Morgan fingerprint density at radius 3 is 2.68 bits per heavy atom. The minimum Gasteiger partial charge on any atom is -0.416 e. The molecule has 1 aromatic carbocycles. The molecular formula is C21H21N5O2S3. The van der Waals surface area contributed by atoms with Gasteiger partial charge in [-0.1, -0.05) is 43.0 Å². The van der Waals surface area contributed by atoms with E-state index in [0.29, 0.717) is 22.7 Å². The van der Waals surface area contributed by atoms with Crippen molar-refractivity contribution in [2.75, 3.05) is 5.32 Å². The van der Waals surface area contributed by atoms with E-state index < -0.39 is 5.25 Å². The lowest BCUT2D eigenvalue weighted by atomic mass is 10.1. The van der Waals surface area contributed by atoms with Gasteiger partial charge in [0.05, 0.1) is 28.1 Å². The summed E-state index contributed by atoms with van der Waals surface area (Å²) < 4.78 is 5.66. The maximum atomic E-state index is 12.6. The molecular weight excluding hydrogens is 450 g/mol. The summed E-state index contributed by atoms with van der Waals surface area (Å²) in [7, 11) is 0. The Bertz CT molecular complexity index is 1170. The maximum absolute atomic E-state index is 12.6. The van der Waals surface area contributed by atoms with E-state index in [1.165, 1.54) is 28.7 Å². The van der Waals surface area contributed by atoms with Crippen molar-refractivity contribution in [1.82, 2.24) is 20.2 Å². The lowest BCUT2D eigenvalue weighted by Crippen LogP contribution is -2.22. The summed E-state index contributed by atoms with van der Waals surface area (Å²) in [5, 5.41) is 16.4. The molecule has 0 saturated heterocycles. The highest BCUT2D eigenvalue weighted by atomic mass is 32.2. The molecule has 0 bridgehead atoms. The first-order valence-electron chi connectivity index (χ1n) is 9.76. The van der Waals surface area contributed by atoms with Crippen LogP contribution in [0.1, 0.15) is 36.0 Å². The van der Waals surface area contributed by atoms with Crippen LogP contribution < -0.4 is 5.32 Å². The summed E-state index contributed by atoms with van der Waals surface area (Å²) in [4.78, 5) is 21.5. The maximum Gasteiger partial charge on any atom is 0.277 e. The largest absolute Gasteiger partial charge is 0.416 e. The van der Waals surface area contributed by atoms with Crippen LogP contribution in [0, 0.1) is 6.92 Å². The van der Waals surface area contributed by atoms with E-state index >= 15 is 0 Å². The highest BCUT2D eigenvalue weighted by Crippen LogP contribution is 2.27. The molecule has 0 unspecified atom stereocenters. The van der Waals surface area contributed by atoms with Crippen LogP contribution in [0.4, 0.5) is 5.13 Å². The minimum absolute atomic E-state index is 0.165. The molecule has 31 heavy (non-hydrogen) atoms. The van der Waals surface area contributed by atoms with Gasteiger partial charge in [0.25, 0.3) is 5.22 Å². The minimum atomic E-state index is -0.411. The zero-order valence-electron chi connectivity index (χ0n) is 17.3. The van der Waals surface area contributed by atoms with Gasteiger partial charge >= 0.3 is 0 Å². The van der Waals surface area contributed by atoms with Crippen LogP contribution >= 0.6 is 34.4 Å². The van der Waals surface area contributed by atoms with Crippen LogP contribution in [0.5, 0.6) is 0 Å². The fourth-order valence-corrected chi connectivity index (χ4v) is 4.82. The summed E-state index contributed by atoms with van der Waals surface area (Å²) in [6.07, 6.45) is 1.49. The van der Waals surface area contributed by atoms with E-state index in [1.54, 1.807) is 18.3 Å². The molecule has 4 aromatic rings. The number of rotatable bonds is 8. The number of nitrogens with zero attached hydrogens (tertiary/aromatic N) is 4. The van der Waals surface area contributed by atoms with Gasteiger partial charge in [0.15, 0.2) is 5.13 Å². The number of carbonyl (C=O) groups excluding carboxylic acids is 1. The van der Waals surface area contributed by atoms with Crippen molar-refractivity contribution in [3.8, 4) is 11.3 Å². The highest BCUT2D eigenvalue weighted by Gasteiger charge is 2.20. The van der Waals surface area contributed by atoms with E-state index in [4.69, 9.17) is 4.42 Å². The monoisotopic (exact) mass is 471 g/mol. The van der Waals surface area contributed by atoms with E-state index in [0.717, 1.165) is 28.4 Å². The van der Waals surface area contributed by atoms with Gasteiger partial charge in [-0.2, -0.15) is 0 Å². The second kappa shape index (κ2) is 9.71. The molecule has 0 radical (unpaired) electrons. The number of anilines is 1. The van der Waals surface area contributed by atoms with Crippen LogP contribution in [-0.2, 0) is 17.6 Å². The lowest BCUT2D eigenvalue weighted by molar-refractivity contribution is -0.115. The number of amides is 1. The van der Waals surface area contributed by atoms with Crippen molar-refractivity contribution >= 4 is 45.5 Å². The number of thiazole rings is 2. The standard InChI is InChI=1S/C21H21N5O2S3/c1-4-14-5-7-15(8-6-14)17-11-30-20(23-17)24-19(27)12(2)31-21-26-25-18(28-21)9-16-10-29-13(3)22-16/h5-8,10-12H,4,9H2,1-3H3,(H,23,24,27)/t12-/m1/s1. The van der Waals surface area contributed by atoms with Crippen LogP contribution in [0.25, 0.3) is 11.3 Å². The Hall–Kier alpha value is -2.56. The van der Waals surface area contributed by atoms with Crippen molar-refractivity contribution in [3.05, 3.63) is 57.2 Å². The number of hydrogen-bond acceptors (Lipinski definition) is 9. The summed E-state index contributed by atoms with van der Waals surface area (Å²) in [6, 6.07) is 8.30. The van der Waals surface area contributed by atoms with Gasteiger partial charge < -0.3 is 9.73 Å². The van der Waals surface area contributed by atoms with Crippen LogP contribution in [0.2, 0.25) is 0 Å². The van der Waals surface area contributed by atoms with Crippen molar-refractivity contribution in [2.45, 2.75) is 44.1 Å². The van der Waals surface area contributed by atoms with Crippen LogP contribution in [-0.4, -0.2) is 31.3 Å². The van der Waals surface area contributed by atoms with Gasteiger partial charge in [-0.3, -0.25) is 4.79 Å². The molecule has 0 spiro atoms. The normalized spacial score (nSPS) is 12.1. The molecule has 7 nitrogen and oxygen atoms in total. The first-order chi connectivity index (χ1) is 15.0. The Labute approximate surface area is 192 Å². The zero-order chi connectivity index (χ0) is 21.8. The van der Waals surface area contributed by atoms with E-state index in [1.807, 2.05) is 17.7 Å². The number of hydrogen-bond donors (Lipinski definition) is 1. The molecule has 160 valence electrons. The first-order valence-corrected chi connectivity index (χ1v) is 12.4. The van der Waals surface area contributed by atoms with Gasteiger partial charge in [0.2, 0.25) is 11.8 Å². The number of thioether (sulfide) groups is 1. The average molecular weight is 472 g/mol. The van der Waals surface area contributed by atoms with E-state index in [9.17, 15) is 4.79 Å². The predicted octanol–water partition coefficient (Wildman–Crippen LogP) is 5.23. The van der Waals surface area contributed by atoms with Crippen molar-refractivity contribution < 1.29 is 9.21 Å². The van der Waals surface area contributed by atoms with E-state index in [-0.39, 0.29) is 5.91 Å². The second-order valence-electron chi connectivity index (χ2n) is 6.83. The fraction of sp³-hybridized carbons (Fsp3) is 0.286. The van der Waals surface area contributed by atoms with Crippen LogP contribution in [0.15, 0.2) is 44.7 Å². The molecule has 1 N–H and O–H groups in total. The van der Waals surface area contributed by atoms with Crippen molar-refractivity contribution in [3.63, 3.8) is 0 Å². The van der Waals surface area contributed by atoms with Gasteiger partial charge in [-0.05, 0) is 25.8 Å². The highest BCUT2D eigenvalue weighted by molar-refractivity contribution is 8.00. The molecule has 3 aromatic heterocycles. The molecule has 4 rings (SSSR count). The molecule has 0 saturated carbocycles. The first kappa shape index (κ1) is 21.7. The SMILES string of the molecule is CCc1ccc(-c2csc(NC(=O)[C@@H](C)Sc3nnc(Cc4csc(C)n4)o3)n2)cc1. The number of nitrogens with one attached hydrogen (secondary N) is 1. The van der Waals surface area contributed by atoms with Crippen molar-refractivity contribution in [2.24, 2.45) is 0 Å². The number of aryl methyl sites for hydroxylation is 2. The van der Waals surface area contributed by atoms with E-state index in [2.05, 4.69) is 56.7 Å².